The zero-order valence-corrected chi connectivity index (χ0v) is 15.9. The van der Waals surface area contributed by atoms with E-state index in [1.54, 1.807) is 6.92 Å². The number of rotatable bonds is 6. The molecule has 1 aliphatic heterocycles. The lowest BCUT2D eigenvalue weighted by atomic mass is 9.88. The van der Waals surface area contributed by atoms with E-state index in [2.05, 4.69) is 10.6 Å². The van der Waals surface area contributed by atoms with Gasteiger partial charge in [0.05, 0.1) is 0 Å². The van der Waals surface area contributed by atoms with E-state index >= 15 is 0 Å². The number of hydrogen-bond donors (Lipinski definition) is 2. The average molecular weight is 367 g/mol. The number of nitrogens with one attached hydrogen (secondary N) is 2. The van der Waals surface area contributed by atoms with Gasteiger partial charge < -0.3 is 10.6 Å². The number of carbonyl (C=O) groups excluding carboxylic acids is 3. The molecule has 0 bridgehead atoms. The Morgan fingerprint density at radius 2 is 1.78 bits per heavy atom. The number of imide groups is 1. The second-order valence-electron chi connectivity index (χ2n) is 7.05. The van der Waals surface area contributed by atoms with Crippen molar-refractivity contribution in [3.63, 3.8) is 0 Å². The van der Waals surface area contributed by atoms with Gasteiger partial charge in [0.1, 0.15) is 12.1 Å². The molecule has 0 aliphatic carbocycles. The summed E-state index contributed by atoms with van der Waals surface area (Å²) in [4.78, 5) is 38.9. The van der Waals surface area contributed by atoms with E-state index in [-0.39, 0.29) is 18.5 Å². The molecule has 6 nitrogen and oxygen atoms in total. The highest BCUT2D eigenvalue weighted by molar-refractivity contribution is 6.10. The molecule has 0 saturated carbocycles. The summed E-state index contributed by atoms with van der Waals surface area (Å²) >= 11 is 0. The molecular formula is C21H25N3O3. The molecule has 2 aromatic carbocycles. The third kappa shape index (κ3) is 3.39. The molecule has 1 atom stereocenters. The first-order chi connectivity index (χ1) is 12.9. The van der Waals surface area contributed by atoms with E-state index in [1.165, 1.54) is 0 Å². The maximum atomic E-state index is 13.1. The summed E-state index contributed by atoms with van der Waals surface area (Å²) in [6.07, 6.45) is 1.60. The molecular weight excluding hydrogens is 342 g/mol. The minimum atomic E-state index is -1.20. The SMILES string of the molecule is CCC(CC)NC(=O)CN1C(=O)N[C@](C)(c2cccc3ccccc23)C1=O. The molecule has 1 heterocycles. The van der Waals surface area contributed by atoms with Crippen LogP contribution in [0.1, 0.15) is 39.2 Å². The first-order valence-electron chi connectivity index (χ1n) is 9.32. The number of urea groups is 1. The molecule has 27 heavy (non-hydrogen) atoms. The Kier molecular flexibility index (Phi) is 5.17. The number of carbonyl (C=O) groups is 3. The number of hydrogen-bond acceptors (Lipinski definition) is 3. The van der Waals surface area contributed by atoms with Gasteiger partial charge in [0.25, 0.3) is 5.91 Å². The Morgan fingerprint density at radius 3 is 2.48 bits per heavy atom. The topological polar surface area (TPSA) is 78.5 Å². The standard InChI is InChI=1S/C21H25N3O3/c1-4-15(5-2)22-18(25)13-24-19(26)21(3,23-20(24)27)17-12-8-10-14-9-6-7-11-16(14)17/h6-12,15H,4-5,13H2,1-3H3,(H,22,25)(H,23,27)/t21-/m1/s1. The second kappa shape index (κ2) is 7.39. The van der Waals surface area contributed by atoms with Crippen LogP contribution in [0.5, 0.6) is 0 Å². The highest BCUT2D eigenvalue weighted by Gasteiger charge is 2.50. The molecule has 0 unspecified atom stereocenters. The fourth-order valence-corrected chi connectivity index (χ4v) is 3.59. The van der Waals surface area contributed by atoms with E-state index in [9.17, 15) is 14.4 Å². The Balaban J connectivity index is 1.87. The number of amides is 4. The third-order valence-electron chi connectivity index (χ3n) is 5.26. The summed E-state index contributed by atoms with van der Waals surface area (Å²) < 4.78 is 0. The van der Waals surface area contributed by atoms with Crippen molar-refractivity contribution in [3.05, 3.63) is 48.0 Å². The summed E-state index contributed by atoms with van der Waals surface area (Å²) in [7, 11) is 0. The zero-order valence-electron chi connectivity index (χ0n) is 15.9. The Morgan fingerprint density at radius 1 is 1.11 bits per heavy atom. The van der Waals surface area contributed by atoms with Crippen molar-refractivity contribution in [1.29, 1.82) is 0 Å². The zero-order chi connectivity index (χ0) is 19.6. The predicted octanol–water partition coefficient (Wildman–Crippen LogP) is 2.91. The Labute approximate surface area is 158 Å². The second-order valence-corrected chi connectivity index (χ2v) is 7.05. The fraction of sp³-hybridized carbons (Fsp3) is 0.381. The largest absolute Gasteiger partial charge is 0.352 e. The van der Waals surface area contributed by atoms with Crippen LogP contribution in [0, 0.1) is 0 Å². The van der Waals surface area contributed by atoms with Gasteiger partial charge in [-0.25, -0.2) is 4.79 Å². The molecule has 1 saturated heterocycles. The highest BCUT2D eigenvalue weighted by atomic mass is 16.2. The first-order valence-corrected chi connectivity index (χ1v) is 9.32. The normalized spacial score (nSPS) is 19.6. The van der Waals surface area contributed by atoms with Crippen LogP contribution in [0.15, 0.2) is 42.5 Å². The van der Waals surface area contributed by atoms with E-state index in [0.29, 0.717) is 0 Å². The maximum Gasteiger partial charge on any atom is 0.325 e. The van der Waals surface area contributed by atoms with Crippen LogP contribution in [0.25, 0.3) is 10.8 Å². The van der Waals surface area contributed by atoms with Gasteiger partial charge in [0, 0.05) is 6.04 Å². The van der Waals surface area contributed by atoms with E-state index in [0.717, 1.165) is 34.1 Å². The molecule has 0 radical (unpaired) electrons. The first kappa shape index (κ1) is 18.9. The van der Waals surface area contributed by atoms with Crippen molar-refractivity contribution in [2.24, 2.45) is 0 Å². The smallest absolute Gasteiger partial charge is 0.325 e. The van der Waals surface area contributed by atoms with Crippen LogP contribution in [-0.2, 0) is 15.1 Å². The molecule has 2 N–H and O–H groups in total. The average Bonchev–Trinajstić information content (AvgIpc) is 2.89. The molecule has 0 spiro atoms. The number of fused-ring (bicyclic) bond motifs is 1. The fourth-order valence-electron chi connectivity index (χ4n) is 3.59. The number of nitrogens with zero attached hydrogens (tertiary/aromatic N) is 1. The summed E-state index contributed by atoms with van der Waals surface area (Å²) in [5.74, 6) is -0.738. The summed E-state index contributed by atoms with van der Waals surface area (Å²) in [5.41, 5.74) is -0.477. The molecule has 3 rings (SSSR count). The molecule has 0 aromatic heterocycles. The summed E-state index contributed by atoms with van der Waals surface area (Å²) in [6.45, 7) is 5.38. The lowest BCUT2D eigenvalue weighted by Crippen LogP contribution is -2.45. The minimum absolute atomic E-state index is 0.0442. The van der Waals surface area contributed by atoms with Gasteiger partial charge in [-0.05, 0) is 36.1 Å². The lowest BCUT2D eigenvalue weighted by Gasteiger charge is -2.24. The van der Waals surface area contributed by atoms with Crippen LogP contribution < -0.4 is 10.6 Å². The minimum Gasteiger partial charge on any atom is -0.352 e. The maximum absolute atomic E-state index is 13.1. The van der Waals surface area contributed by atoms with Crippen molar-refractivity contribution in [2.45, 2.75) is 45.2 Å². The van der Waals surface area contributed by atoms with Gasteiger partial charge in [0.15, 0.2) is 0 Å². The lowest BCUT2D eigenvalue weighted by molar-refractivity contribution is -0.135. The summed E-state index contributed by atoms with van der Waals surface area (Å²) in [6, 6.07) is 12.9. The molecule has 1 fully saturated rings. The van der Waals surface area contributed by atoms with Crippen molar-refractivity contribution in [1.82, 2.24) is 15.5 Å². The molecule has 4 amide bonds. The van der Waals surface area contributed by atoms with Crippen molar-refractivity contribution in [2.75, 3.05) is 6.54 Å². The van der Waals surface area contributed by atoms with Crippen LogP contribution in [0.4, 0.5) is 4.79 Å². The Hall–Kier alpha value is -2.89. The van der Waals surface area contributed by atoms with Gasteiger partial charge in [0.2, 0.25) is 5.91 Å². The van der Waals surface area contributed by atoms with Crippen LogP contribution in [0.2, 0.25) is 0 Å². The predicted molar refractivity (Wildman–Crippen MR) is 104 cm³/mol. The van der Waals surface area contributed by atoms with Crippen molar-refractivity contribution in [3.8, 4) is 0 Å². The van der Waals surface area contributed by atoms with Gasteiger partial charge >= 0.3 is 6.03 Å². The van der Waals surface area contributed by atoms with Crippen molar-refractivity contribution >= 4 is 28.6 Å². The van der Waals surface area contributed by atoms with E-state index in [4.69, 9.17) is 0 Å². The molecule has 1 aliphatic rings. The molecule has 142 valence electrons. The van der Waals surface area contributed by atoms with Gasteiger partial charge in [-0.1, -0.05) is 56.3 Å². The van der Waals surface area contributed by atoms with Crippen LogP contribution in [-0.4, -0.2) is 35.3 Å². The van der Waals surface area contributed by atoms with Gasteiger partial charge in [-0.3, -0.25) is 14.5 Å². The summed E-state index contributed by atoms with van der Waals surface area (Å²) in [5, 5.41) is 7.54. The van der Waals surface area contributed by atoms with Crippen LogP contribution in [0.3, 0.4) is 0 Å². The number of benzene rings is 2. The van der Waals surface area contributed by atoms with Gasteiger partial charge in [-0.15, -0.1) is 0 Å². The van der Waals surface area contributed by atoms with Crippen molar-refractivity contribution < 1.29 is 14.4 Å². The third-order valence-corrected chi connectivity index (χ3v) is 5.26. The molecule has 2 aromatic rings. The highest BCUT2D eigenvalue weighted by Crippen LogP contribution is 2.33. The van der Waals surface area contributed by atoms with E-state index in [1.807, 2.05) is 56.3 Å². The monoisotopic (exact) mass is 367 g/mol. The molecule has 6 heteroatoms. The van der Waals surface area contributed by atoms with E-state index < -0.39 is 17.5 Å². The van der Waals surface area contributed by atoms with Gasteiger partial charge in [-0.2, -0.15) is 0 Å². The Bertz CT molecular complexity index is 886. The van der Waals surface area contributed by atoms with Crippen LogP contribution >= 0.6 is 0 Å². The quantitative estimate of drug-likeness (QED) is 0.771.